The topological polar surface area (TPSA) is 21.7 Å². The number of hydrogen-bond donors (Lipinski definition) is 0. The molecule has 1 fully saturated rings. The fourth-order valence-corrected chi connectivity index (χ4v) is 3.60. The average Bonchev–Trinajstić information content (AvgIpc) is 2.70. The van der Waals surface area contributed by atoms with E-state index in [1.54, 1.807) is 7.11 Å². The molecule has 1 aliphatic heterocycles. The molecule has 1 saturated heterocycles. The van der Waals surface area contributed by atoms with E-state index in [1.165, 1.54) is 11.1 Å². The van der Waals surface area contributed by atoms with Crippen LogP contribution in [-0.2, 0) is 11.3 Å². The first-order chi connectivity index (χ1) is 13.5. The van der Waals surface area contributed by atoms with Crippen LogP contribution in [0.5, 0.6) is 5.75 Å². The van der Waals surface area contributed by atoms with Gasteiger partial charge in [-0.2, -0.15) is 0 Å². The summed E-state index contributed by atoms with van der Waals surface area (Å²) < 4.78 is 11.9. The molecule has 1 aliphatic rings. The molecule has 0 bridgehead atoms. The Hall–Kier alpha value is -2.52. The van der Waals surface area contributed by atoms with Crippen LogP contribution >= 0.6 is 0 Å². The maximum absolute atomic E-state index is 6.49. The Bertz CT molecular complexity index is 818. The van der Waals surface area contributed by atoms with Gasteiger partial charge in [-0.25, -0.2) is 0 Å². The second-order valence-electron chi connectivity index (χ2n) is 7.61. The minimum absolute atomic E-state index is 0.225. The summed E-state index contributed by atoms with van der Waals surface area (Å²) in [6.07, 6.45) is 4.33. The summed E-state index contributed by atoms with van der Waals surface area (Å²) in [4.78, 5) is 2.51. The number of allylic oxidation sites excluding steroid dienone is 2. The largest absolute Gasteiger partial charge is 0.497 e. The molecule has 0 atom stereocenters. The van der Waals surface area contributed by atoms with Crippen LogP contribution in [0.15, 0.2) is 66.8 Å². The van der Waals surface area contributed by atoms with Crippen molar-refractivity contribution in [3.8, 4) is 5.75 Å². The van der Waals surface area contributed by atoms with Gasteiger partial charge in [0, 0.05) is 25.2 Å². The molecular weight excluding hydrogens is 346 g/mol. The van der Waals surface area contributed by atoms with E-state index in [0.717, 1.165) is 55.1 Å². The number of hydrogen-bond acceptors (Lipinski definition) is 3. The van der Waals surface area contributed by atoms with E-state index in [1.807, 2.05) is 19.1 Å². The Kier molecular flexibility index (Phi) is 6.94. The van der Waals surface area contributed by atoms with Crippen LogP contribution in [0.1, 0.15) is 36.5 Å². The molecule has 1 heterocycles. The number of likely N-dealkylation sites (tertiary alicyclic amines) is 1. The van der Waals surface area contributed by atoms with Gasteiger partial charge in [0.2, 0.25) is 0 Å². The molecule has 0 N–H and O–H groups in total. The van der Waals surface area contributed by atoms with Gasteiger partial charge in [0.05, 0.1) is 7.11 Å². The highest BCUT2D eigenvalue weighted by Crippen LogP contribution is 2.29. The van der Waals surface area contributed by atoms with Crippen LogP contribution in [0, 0.1) is 6.92 Å². The Morgan fingerprint density at radius 3 is 2.50 bits per heavy atom. The molecule has 0 spiro atoms. The molecule has 2 aromatic rings. The second-order valence-corrected chi connectivity index (χ2v) is 7.61. The summed E-state index contributed by atoms with van der Waals surface area (Å²) in [7, 11) is 1.69. The zero-order chi connectivity index (χ0) is 19.9. The smallest absolute Gasteiger partial charge is 0.127 e. The minimum Gasteiger partial charge on any atom is -0.497 e. The van der Waals surface area contributed by atoms with E-state index >= 15 is 0 Å². The normalized spacial score (nSPS) is 16.0. The fraction of sp³-hybridized carbons (Fsp3) is 0.360. The lowest BCUT2D eigenvalue weighted by atomic mass is 10.0. The molecule has 0 radical (unpaired) electrons. The van der Waals surface area contributed by atoms with Crippen molar-refractivity contribution in [2.45, 2.75) is 39.3 Å². The Morgan fingerprint density at radius 1 is 1.14 bits per heavy atom. The summed E-state index contributed by atoms with van der Waals surface area (Å²) in [5.74, 6) is 1.74. The fourth-order valence-electron chi connectivity index (χ4n) is 3.60. The molecule has 3 heteroatoms. The lowest BCUT2D eigenvalue weighted by Gasteiger charge is -2.33. The number of methoxy groups -OCH3 is 1. The molecule has 0 aromatic heterocycles. The van der Waals surface area contributed by atoms with Gasteiger partial charge in [0.25, 0.3) is 0 Å². The summed E-state index contributed by atoms with van der Waals surface area (Å²) in [5.41, 5.74) is 4.61. The van der Waals surface area contributed by atoms with Gasteiger partial charge < -0.3 is 9.47 Å². The average molecular weight is 378 g/mol. The predicted molar refractivity (Wildman–Crippen MR) is 116 cm³/mol. The predicted octanol–water partition coefficient (Wildman–Crippen LogP) is 5.60. The van der Waals surface area contributed by atoms with Crippen molar-refractivity contribution in [2.75, 3.05) is 20.2 Å². The van der Waals surface area contributed by atoms with Gasteiger partial charge in [0.1, 0.15) is 17.6 Å². The summed E-state index contributed by atoms with van der Waals surface area (Å²) in [6.45, 7) is 11.3. The van der Waals surface area contributed by atoms with Crippen LogP contribution in [-0.4, -0.2) is 31.2 Å². The highest BCUT2D eigenvalue weighted by Gasteiger charge is 2.22. The van der Waals surface area contributed by atoms with Crippen LogP contribution in [0.25, 0.3) is 5.76 Å². The molecule has 0 amide bonds. The van der Waals surface area contributed by atoms with E-state index in [4.69, 9.17) is 9.47 Å². The lowest BCUT2D eigenvalue weighted by Crippen LogP contribution is -2.36. The van der Waals surface area contributed by atoms with Crippen LogP contribution < -0.4 is 4.74 Å². The second kappa shape index (κ2) is 9.61. The monoisotopic (exact) mass is 377 g/mol. The van der Waals surface area contributed by atoms with E-state index in [2.05, 4.69) is 60.9 Å². The van der Waals surface area contributed by atoms with Crippen LogP contribution in [0.2, 0.25) is 0 Å². The molecule has 28 heavy (non-hydrogen) atoms. The van der Waals surface area contributed by atoms with Crippen molar-refractivity contribution >= 4 is 5.76 Å². The number of ether oxygens (including phenoxy) is 2. The van der Waals surface area contributed by atoms with Crippen LogP contribution in [0.4, 0.5) is 0 Å². The summed E-state index contributed by atoms with van der Waals surface area (Å²) in [5, 5.41) is 0. The van der Waals surface area contributed by atoms with Gasteiger partial charge in [-0.3, -0.25) is 4.90 Å². The number of rotatable bonds is 7. The Labute approximate surface area is 169 Å². The molecule has 0 unspecified atom stereocenters. The van der Waals surface area contributed by atoms with Crippen molar-refractivity contribution in [2.24, 2.45) is 0 Å². The van der Waals surface area contributed by atoms with E-state index in [0.29, 0.717) is 0 Å². The molecule has 3 nitrogen and oxygen atoms in total. The quantitative estimate of drug-likeness (QED) is 0.463. The minimum atomic E-state index is 0.225. The zero-order valence-electron chi connectivity index (χ0n) is 17.3. The van der Waals surface area contributed by atoms with E-state index in [-0.39, 0.29) is 6.10 Å². The first-order valence-electron chi connectivity index (χ1n) is 10.0. The molecule has 3 rings (SSSR count). The summed E-state index contributed by atoms with van der Waals surface area (Å²) in [6, 6.07) is 16.8. The highest BCUT2D eigenvalue weighted by molar-refractivity contribution is 5.66. The van der Waals surface area contributed by atoms with E-state index < -0.39 is 0 Å². The van der Waals surface area contributed by atoms with Crippen molar-refractivity contribution in [3.05, 3.63) is 83.4 Å². The standard InChI is InChI=1S/C25H31NO2/c1-19(2)16-25(24-17-23(27-4)11-10-20(24)3)28-22-12-14-26(15-13-22)18-21-8-6-5-7-9-21/h5-11,16-17,22H,1,12-15,18H2,2-4H3/b25-16+. The number of piperidine rings is 1. The van der Waals surface area contributed by atoms with Gasteiger partial charge in [-0.1, -0.05) is 48.6 Å². The molecule has 148 valence electrons. The first-order valence-corrected chi connectivity index (χ1v) is 10.0. The third-order valence-corrected chi connectivity index (χ3v) is 5.16. The third-order valence-electron chi connectivity index (χ3n) is 5.16. The summed E-state index contributed by atoms with van der Waals surface area (Å²) >= 11 is 0. The first kappa shape index (κ1) is 20.2. The van der Waals surface area contributed by atoms with Crippen LogP contribution in [0.3, 0.4) is 0 Å². The molecule has 0 saturated carbocycles. The number of aryl methyl sites for hydroxylation is 1. The maximum atomic E-state index is 6.49. The SMILES string of the molecule is C=C(C)/C=C(/OC1CCN(Cc2ccccc2)CC1)c1cc(OC)ccc1C. The number of nitrogens with zero attached hydrogens (tertiary/aromatic N) is 1. The maximum Gasteiger partial charge on any atom is 0.127 e. The van der Waals surface area contributed by atoms with Gasteiger partial charge in [-0.05, 0) is 56.0 Å². The Morgan fingerprint density at radius 2 is 1.86 bits per heavy atom. The van der Waals surface area contributed by atoms with Gasteiger partial charge in [-0.15, -0.1) is 0 Å². The highest BCUT2D eigenvalue weighted by atomic mass is 16.5. The van der Waals surface area contributed by atoms with Crippen molar-refractivity contribution in [1.82, 2.24) is 4.90 Å². The zero-order valence-corrected chi connectivity index (χ0v) is 17.3. The molecule has 2 aromatic carbocycles. The Balaban J connectivity index is 1.66. The van der Waals surface area contributed by atoms with Gasteiger partial charge >= 0.3 is 0 Å². The van der Waals surface area contributed by atoms with E-state index in [9.17, 15) is 0 Å². The van der Waals surface area contributed by atoms with Crippen molar-refractivity contribution in [3.63, 3.8) is 0 Å². The lowest BCUT2D eigenvalue weighted by molar-refractivity contribution is 0.0770. The number of benzene rings is 2. The van der Waals surface area contributed by atoms with Crippen molar-refractivity contribution < 1.29 is 9.47 Å². The third kappa shape index (κ3) is 5.49. The molecule has 0 aliphatic carbocycles. The van der Waals surface area contributed by atoms with Gasteiger partial charge in [0.15, 0.2) is 0 Å². The van der Waals surface area contributed by atoms with Crippen molar-refractivity contribution in [1.29, 1.82) is 0 Å². The molecular formula is C25H31NO2.